The summed E-state index contributed by atoms with van der Waals surface area (Å²) in [7, 11) is 1.61. The van der Waals surface area contributed by atoms with Crippen LogP contribution in [0, 0.1) is 0 Å². The van der Waals surface area contributed by atoms with Gasteiger partial charge >= 0.3 is 6.03 Å². The number of halogens is 1. The molecule has 9 nitrogen and oxygen atoms in total. The molecule has 4 amide bonds. The van der Waals surface area contributed by atoms with E-state index in [1.165, 1.54) is 11.8 Å². The molecule has 0 radical (unpaired) electrons. The number of nitrogens with one attached hydrogen (secondary N) is 2. The van der Waals surface area contributed by atoms with E-state index in [-0.39, 0.29) is 5.75 Å². The molecule has 29 heavy (non-hydrogen) atoms. The third-order valence-electron chi connectivity index (χ3n) is 4.73. The molecule has 0 bridgehead atoms. The summed E-state index contributed by atoms with van der Waals surface area (Å²) in [5.41, 5.74) is 2.95. The van der Waals surface area contributed by atoms with E-state index >= 15 is 0 Å². The molecule has 1 fully saturated rings. The first-order valence-electron chi connectivity index (χ1n) is 9.02. The molecule has 0 spiro atoms. The van der Waals surface area contributed by atoms with Crippen molar-refractivity contribution < 1.29 is 19.1 Å². The quantitative estimate of drug-likeness (QED) is 0.482. The summed E-state index contributed by atoms with van der Waals surface area (Å²) < 4.78 is 7.10. The number of amides is 4. The predicted molar refractivity (Wildman–Crippen MR) is 110 cm³/mol. The maximum Gasteiger partial charge on any atom is 0.344 e. The Morgan fingerprint density at radius 3 is 2.83 bits per heavy atom. The number of nitrogens with zero attached hydrogens (tertiary/aromatic N) is 3. The van der Waals surface area contributed by atoms with Gasteiger partial charge in [0.2, 0.25) is 5.91 Å². The first-order chi connectivity index (χ1) is 13.8. The van der Waals surface area contributed by atoms with E-state index in [0.717, 1.165) is 10.5 Å². The standard InChI is InChI=1S/C18H22ClN5O4S/c1-4-18(2)15(26)24(16(27)21-18)22-14(25)10-29-17-20-12-9-11(19)5-6-13(12)23(17)7-8-28-3/h5-6,9H,4,7-8,10H2,1-3H3,(H,21,27)(H,22,25). The summed E-state index contributed by atoms with van der Waals surface area (Å²) in [6.45, 7) is 4.44. The van der Waals surface area contributed by atoms with Gasteiger partial charge < -0.3 is 14.6 Å². The van der Waals surface area contributed by atoms with Gasteiger partial charge in [-0.05, 0) is 31.5 Å². The number of urea groups is 1. The number of carbonyl (C=O) groups excluding carboxylic acids is 3. The topological polar surface area (TPSA) is 106 Å². The maximum atomic E-state index is 12.4. The van der Waals surface area contributed by atoms with Crippen molar-refractivity contribution in [3.05, 3.63) is 23.2 Å². The second-order valence-electron chi connectivity index (χ2n) is 6.75. The van der Waals surface area contributed by atoms with Gasteiger partial charge in [-0.1, -0.05) is 30.3 Å². The van der Waals surface area contributed by atoms with E-state index in [9.17, 15) is 14.4 Å². The zero-order chi connectivity index (χ0) is 21.2. The first kappa shape index (κ1) is 21.4. The molecule has 1 saturated heterocycles. The number of rotatable bonds is 8. The highest BCUT2D eigenvalue weighted by molar-refractivity contribution is 7.99. The molecule has 2 heterocycles. The Labute approximate surface area is 177 Å². The molecule has 1 atom stereocenters. The normalized spacial score (nSPS) is 19.1. The van der Waals surface area contributed by atoms with Crippen molar-refractivity contribution in [3.8, 4) is 0 Å². The highest BCUT2D eigenvalue weighted by Gasteiger charge is 2.47. The van der Waals surface area contributed by atoms with Crippen molar-refractivity contribution in [2.75, 3.05) is 19.5 Å². The fraction of sp³-hybridized carbons (Fsp3) is 0.444. The number of imide groups is 1. The highest BCUT2D eigenvalue weighted by atomic mass is 35.5. The van der Waals surface area contributed by atoms with E-state index in [1.54, 1.807) is 33.1 Å². The summed E-state index contributed by atoms with van der Waals surface area (Å²) in [5.74, 6) is -0.989. The predicted octanol–water partition coefficient (Wildman–Crippen LogP) is 2.18. The lowest BCUT2D eigenvalue weighted by molar-refractivity contribution is -0.137. The van der Waals surface area contributed by atoms with Gasteiger partial charge in [-0.25, -0.2) is 9.78 Å². The van der Waals surface area contributed by atoms with Gasteiger partial charge in [-0.2, -0.15) is 5.01 Å². The summed E-state index contributed by atoms with van der Waals surface area (Å²) in [6.07, 6.45) is 0.421. The van der Waals surface area contributed by atoms with Gasteiger partial charge in [0.25, 0.3) is 5.91 Å². The van der Waals surface area contributed by atoms with Crippen LogP contribution in [-0.2, 0) is 20.9 Å². The zero-order valence-electron chi connectivity index (χ0n) is 16.3. The smallest absolute Gasteiger partial charge is 0.344 e. The minimum atomic E-state index is -1.01. The van der Waals surface area contributed by atoms with Crippen molar-refractivity contribution in [3.63, 3.8) is 0 Å². The molecule has 1 aliphatic heterocycles. The SMILES string of the molecule is CCC1(C)NC(=O)N(NC(=O)CSc2nc3cc(Cl)ccc3n2CCOC)C1=O. The van der Waals surface area contributed by atoms with Gasteiger partial charge in [0.15, 0.2) is 5.16 Å². The van der Waals surface area contributed by atoms with Gasteiger partial charge in [0.05, 0.1) is 23.4 Å². The van der Waals surface area contributed by atoms with Gasteiger partial charge in [-0.3, -0.25) is 15.0 Å². The molecule has 0 saturated carbocycles. The number of aromatic nitrogens is 2. The summed E-state index contributed by atoms with van der Waals surface area (Å²) in [5, 5.41) is 4.51. The molecule has 0 aliphatic carbocycles. The molecular weight excluding hydrogens is 418 g/mol. The van der Waals surface area contributed by atoms with Gasteiger partial charge in [0, 0.05) is 18.7 Å². The lowest BCUT2D eigenvalue weighted by Gasteiger charge is -2.19. The molecule has 1 unspecified atom stereocenters. The van der Waals surface area contributed by atoms with Crippen LogP contribution < -0.4 is 10.7 Å². The Hall–Kier alpha value is -2.30. The van der Waals surface area contributed by atoms with E-state index in [2.05, 4.69) is 15.7 Å². The lowest BCUT2D eigenvalue weighted by atomic mass is 10.00. The molecule has 2 N–H and O–H groups in total. The summed E-state index contributed by atoms with van der Waals surface area (Å²) >= 11 is 7.25. The van der Waals surface area contributed by atoms with Crippen LogP contribution in [0.3, 0.4) is 0 Å². The average Bonchev–Trinajstić information content (AvgIpc) is 3.13. The van der Waals surface area contributed by atoms with E-state index in [4.69, 9.17) is 16.3 Å². The lowest BCUT2D eigenvalue weighted by Crippen LogP contribution is -2.49. The number of benzene rings is 1. The molecule has 1 aliphatic rings. The Kier molecular flexibility index (Phi) is 6.35. The Bertz CT molecular complexity index is 965. The van der Waals surface area contributed by atoms with Crippen LogP contribution in [0.2, 0.25) is 5.02 Å². The van der Waals surface area contributed by atoms with Crippen molar-refractivity contribution >= 4 is 52.2 Å². The van der Waals surface area contributed by atoms with Crippen molar-refractivity contribution in [2.45, 2.75) is 37.5 Å². The molecule has 11 heteroatoms. The molecule has 1 aromatic heterocycles. The number of thioether (sulfide) groups is 1. The average molecular weight is 440 g/mol. The number of ether oxygens (including phenoxy) is 1. The largest absolute Gasteiger partial charge is 0.383 e. The number of carbonyl (C=O) groups is 3. The number of hydrogen-bond acceptors (Lipinski definition) is 6. The fourth-order valence-electron chi connectivity index (χ4n) is 2.90. The monoisotopic (exact) mass is 439 g/mol. The summed E-state index contributed by atoms with van der Waals surface area (Å²) in [6, 6.07) is 4.75. The zero-order valence-corrected chi connectivity index (χ0v) is 17.9. The number of methoxy groups -OCH3 is 1. The maximum absolute atomic E-state index is 12.4. The van der Waals surface area contributed by atoms with Gasteiger partial charge in [0.1, 0.15) is 5.54 Å². The number of fused-ring (bicyclic) bond motifs is 1. The van der Waals surface area contributed by atoms with Crippen molar-refractivity contribution in [1.29, 1.82) is 0 Å². The van der Waals surface area contributed by atoms with Crippen LogP contribution >= 0.6 is 23.4 Å². The van der Waals surface area contributed by atoms with Crippen LogP contribution in [0.25, 0.3) is 11.0 Å². The first-order valence-corrected chi connectivity index (χ1v) is 10.4. The van der Waals surface area contributed by atoms with E-state index < -0.39 is 23.4 Å². The minimum Gasteiger partial charge on any atom is -0.383 e. The second kappa shape index (κ2) is 8.60. The molecule has 3 rings (SSSR count). The van der Waals surface area contributed by atoms with E-state index in [0.29, 0.717) is 35.3 Å². The van der Waals surface area contributed by atoms with Crippen molar-refractivity contribution in [1.82, 2.24) is 25.3 Å². The second-order valence-corrected chi connectivity index (χ2v) is 8.13. The van der Waals surface area contributed by atoms with Crippen molar-refractivity contribution in [2.24, 2.45) is 0 Å². The molecule has 156 valence electrons. The van der Waals surface area contributed by atoms with Gasteiger partial charge in [-0.15, -0.1) is 0 Å². The molecule has 2 aromatic rings. The number of hydrogen-bond donors (Lipinski definition) is 2. The van der Waals surface area contributed by atoms with Crippen LogP contribution in [0.5, 0.6) is 0 Å². The third kappa shape index (κ3) is 4.34. The fourth-order valence-corrected chi connectivity index (χ4v) is 3.90. The minimum absolute atomic E-state index is 0.0239. The molecular formula is C18H22ClN5O4S. The Morgan fingerprint density at radius 2 is 2.17 bits per heavy atom. The Balaban J connectivity index is 1.71. The Morgan fingerprint density at radius 1 is 1.41 bits per heavy atom. The highest BCUT2D eigenvalue weighted by Crippen LogP contribution is 2.26. The van der Waals surface area contributed by atoms with Crippen LogP contribution in [-0.4, -0.2) is 57.4 Å². The summed E-state index contributed by atoms with van der Waals surface area (Å²) in [4.78, 5) is 41.3. The van der Waals surface area contributed by atoms with Crippen LogP contribution in [0.4, 0.5) is 4.79 Å². The number of hydrazine groups is 1. The third-order valence-corrected chi connectivity index (χ3v) is 5.94. The van der Waals surface area contributed by atoms with Crippen LogP contribution in [0.1, 0.15) is 20.3 Å². The molecule has 1 aromatic carbocycles. The van der Waals surface area contributed by atoms with Crippen LogP contribution in [0.15, 0.2) is 23.4 Å². The van der Waals surface area contributed by atoms with E-state index in [1.807, 2.05) is 10.6 Å². The number of imidazole rings is 1.